The van der Waals surface area contributed by atoms with Gasteiger partial charge in [-0.15, -0.1) is 0 Å². The minimum absolute atomic E-state index is 1.08. The van der Waals surface area contributed by atoms with Gasteiger partial charge >= 0.3 is 0 Å². The number of benzene rings is 3. The summed E-state index contributed by atoms with van der Waals surface area (Å²) in [5, 5.41) is 3.05. The van der Waals surface area contributed by atoms with Crippen LogP contribution in [0.15, 0.2) is 115 Å². The van der Waals surface area contributed by atoms with E-state index in [0.717, 1.165) is 18.5 Å². The summed E-state index contributed by atoms with van der Waals surface area (Å²) >= 11 is 0. The summed E-state index contributed by atoms with van der Waals surface area (Å²) in [6.45, 7) is 0. The van der Waals surface area contributed by atoms with Gasteiger partial charge < -0.3 is 0 Å². The fourth-order valence-electron chi connectivity index (χ4n) is 4.08. The maximum Gasteiger partial charge on any atom is 0.126 e. The molecule has 3 aromatic rings. The normalized spacial score (nSPS) is 13.6. The standard InChI is InChI=1S/C25H24Si/c1-4-12-22(13-5-1)20-26(21-23-14-10-11-15-23,24-16-6-2-7-17-24)25-18-8-3-9-19-25/h1-10,12-19H,11,20-21H2. The average Bonchev–Trinajstić information content (AvgIpc) is 3.22. The SMILES string of the molecule is C1=CC(C[Si](Cc2ccccc2)(c2ccccc2)c2ccccc2)=CC1. The molecule has 0 saturated carbocycles. The molecular weight excluding hydrogens is 328 g/mol. The maximum absolute atomic E-state index is 2.40. The highest BCUT2D eigenvalue weighted by Crippen LogP contribution is 2.25. The molecule has 0 atom stereocenters. The summed E-state index contributed by atoms with van der Waals surface area (Å²) in [6, 6.07) is 35.7. The van der Waals surface area contributed by atoms with Gasteiger partial charge in [0.05, 0.1) is 0 Å². The molecule has 3 aromatic carbocycles. The van der Waals surface area contributed by atoms with Crippen LogP contribution in [0.25, 0.3) is 0 Å². The molecule has 1 aliphatic rings. The van der Waals surface area contributed by atoms with Gasteiger partial charge in [0.2, 0.25) is 0 Å². The van der Waals surface area contributed by atoms with Crippen molar-refractivity contribution >= 4 is 18.4 Å². The van der Waals surface area contributed by atoms with Gasteiger partial charge in [0.25, 0.3) is 0 Å². The van der Waals surface area contributed by atoms with Crippen LogP contribution in [0.1, 0.15) is 12.0 Å². The Hall–Kier alpha value is -2.64. The summed E-state index contributed by atoms with van der Waals surface area (Å²) in [5.74, 6) is 0. The number of allylic oxidation sites excluding steroid dienone is 4. The molecule has 0 aromatic heterocycles. The third-order valence-corrected chi connectivity index (χ3v) is 10.3. The van der Waals surface area contributed by atoms with Gasteiger partial charge in [0, 0.05) is 0 Å². The van der Waals surface area contributed by atoms with E-state index in [-0.39, 0.29) is 0 Å². The molecule has 0 unspecified atom stereocenters. The van der Waals surface area contributed by atoms with E-state index in [0.29, 0.717) is 0 Å². The van der Waals surface area contributed by atoms with Crippen LogP contribution in [0.2, 0.25) is 6.04 Å². The van der Waals surface area contributed by atoms with Crippen LogP contribution in [0, 0.1) is 0 Å². The van der Waals surface area contributed by atoms with Gasteiger partial charge in [0.15, 0.2) is 0 Å². The van der Waals surface area contributed by atoms with Crippen molar-refractivity contribution in [2.75, 3.05) is 0 Å². The van der Waals surface area contributed by atoms with Gasteiger partial charge in [-0.1, -0.05) is 131 Å². The van der Waals surface area contributed by atoms with Gasteiger partial charge in [0.1, 0.15) is 8.07 Å². The van der Waals surface area contributed by atoms with Crippen LogP contribution in [0.3, 0.4) is 0 Å². The van der Waals surface area contributed by atoms with Crippen LogP contribution in [0.4, 0.5) is 0 Å². The number of hydrogen-bond acceptors (Lipinski definition) is 0. The van der Waals surface area contributed by atoms with Crippen molar-refractivity contribution in [2.24, 2.45) is 0 Å². The first-order valence-corrected chi connectivity index (χ1v) is 11.8. The highest BCUT2D eigenvalue weighted by Gasteiger charge is 2.37. The summed E-state index contributed by atoms with van der Waals surface area (Å²) in [4.78, 5) is 0. The average molecular weight is 353 g/mol. The zero-order chi connectivity index (χ0) is 17.7. The first-order chi connectivity index (χ1) is 12.9. The van der Waals surface area contributed by atoms with Crippen LogP contribution in [-0.4, -0.2) is 8.07 Å². The summed E-state index contributed by atoms with van der Waals surface area (Å²) < 4.78 is 0. The molecule has 0 radical (unpaired) electrons. The van der Waals surface area contributed by atoms with E-state index < -0.39 is 8.07 Å². The molecule has 128 valence electrons. The van der Waals surface area contributed by atoms with Crippen molar-refractivity contribution in [1.82, 2.24) is 0 Å². The fourth-order valence-corrected chi connectivity index (χ4v) is 8.91. The zero-order valence-corrected chi connectivity index (χ0v) is 16.0. The first kappa shape index (κ1) is 16.8. The molecule has 0 saturated heterocycles. The van der Waals surface area contributed by atoms with E-state index in [1.54, 1.807) is 0 Å². The number of hydrogen-bond donors (Lipinski definition) is 0. The molecule has 0 heterocycles. The molecule has 1 heteroatoms. The van der Waals surface area contributed by atoms with Crippen LogP contribution < -0.4 is 10.4 Å². The zero-order valence-electron chi connectivity index (χ0n) is 15.0. The van der Waals surface area contributed by atoms with E-state index >= 15 is 0 Å². The smallest absolute Gasteiger partial charge is 0.0805 e. The lowest BCUT2D eigenvalue weighted by molar-refractivity contribution is 1.28. The van der Waals surface area contributed by atoms with E-state index in [1.165, 1.54) is 21.5 Å². The van der Waals surface area contributed by atoms with E-state index in [1.807, 2.05) is 0 Å². The lowest BCUT2D eigenvalue weighted by Crippen LogP contribution is -2.60. The Labute approximate surface area is 157 Å². The summed E-state index contributed by atoms with van der Waals surface area (Å²) in [7, 11) is -1.97. The largest absolute Gasteiger partial charge is 0.126 e. The van der Waals surface area contributed by atoms with Gasteiger partial charge in [-0.25, -0.2) is 0 Å². The molecule has 0 fully saturated rings. The van der Waals surface area contributed by atoms with Crippen molar-refractivity contribution in [1.29, 1.82) is 0 Å². The highest BCUT2D eigenvalue weighted by molar-refractivity contribution is 7.02. The molecular formula is C25H24Si. The molecule has 0 N–H and O–H groups in total. The first-order valence-electron chi connectivity index (χ1n) is 9.37. The Morgan fingerprint density at radius 2 is 1.15 bits per heavy atom. The van der Waals surface area contributed by atoms with Crippen LogP contribution in [-0.2, 0) is 6.04 Å². The maximum atomic E-state index is 2.40. The minimum atomic E-state index is -1.97. The van der Waals surface area contributed by atoms with E-state index in [2.05, 4.69) is 109 Å². The second kappa shape index (κ2) is 7.71. The second-order valence-electron chi connectivity index (χ2n) is 7.07. The Morgan fingerprint density at radius 3 is 1.65 bits per heavy atom. The lowest BCUT2D eigenvalue weighted by atomic mass is 10.2. The molecule has 4 rings (SSSR count). The third-order valence-electron chi connectivity index (χ3n) is 5.36. The molecule has 0 spiro atoms. The fraction of sp³-hybridized carbons (Fsp3) is 0.120. The van der Waals surface area contributed by atoms with Gasteiger partial charge in [-0.2, -0.15) is 0 Å². The van der Waals surface area contributed by atoms with Crippen molar-refractivity contribution in [3.05, 3.63) is 120 Å². The van der Waals surface area contributed by atoms with Crippen LogP contribution >= 0.6 is 0 Å². The lowest BCUT2D eigenvalue weighted by Gasteiger charge is -2.34. The molecule has 1 aliphatic carbocycles. The van der Waals surface area contributed by atoms with Crippen molar-refractivity contribution in [2.45, 2.75) is 18.5 Å². The Balaban J connectivity index is 1.88. The topological polar surface area (TPSA) is 0 Å². The predicted molar refractivity (Wildman–Crippen MR) is 115 cm³/mol. The van der Waals surface area contributed by atoms with E-state index in [9.17, 15) is 0 Å². The quantitative estimate of drug-likeness (QED) is 0.553. The van der Waals surface area contributed by atoms with Gasteiger partial charge in [-0.3, -0.25) is 0 Å². The molecule has 0 bridgehead atoms. The van der Waals surface area contributed by atoms with Crippen molar-refractivity contribution < 1.29 is 0 Å². The van der Waals surface area contributed by atoms with Gasteiger partial charge in [-0.05, 0) is 18.5 Å². The Kier molecular flexibility index (Phi) is 4.99. The summed E-state index contributed by atoms with van der Waals surface area (Å²) in [5.41, 5.74) is 2.94. The predicted octanol–water partition coefficient (Wildman–Crippen LogP) is 4.92. The minimum Gasteiger partial charge on any atom is -0.0805 e. The number of rotatable bonds is 6. The Morgan fingerprint density at radius 1 is 0.615 bits per heavy atom. The van der Waals surface area contributed by atoms with Crippen molar-refractivity contribution in [3.63, 3.8) is 0 Å². The third kappa shape index (κ3) is 3.49. The van der Waals surface area contributed by atoms with E-state index in [4.69, 9.17) is 0 Å². The monoisotopic (exact) mass is 352 g/mol. The van der Waals surface area contributed by atoms with Crippen LogP contribution in [0.5, 0.6) is 0 Å². The molecule has 0 amide bonds. The molecule has 26 heavy (non-hydrogen) atoms. The van der Waals surface area contributed by atoms with Crippen molar-refractivity contribution in [3.8, 4) is 0 Å². The highest BCUT2D eigenvalue weighted by atomic mass is 28.3. The Bertz CT molecular complexity index is 853. The summed E-state index contributed by atoms with van der Waals surface area (Å²) in [6.07, 6.45) is 8.10. The molecule has 0 nitrogen and oxygen atoms in total. The molecule has 0 aliphatic heterocycles. The second-order valence-corrected chi connectivity index (χ2v) is 11.1.